The third-order valence-corrected chi connectivity index (χ3v) is 4.76. The number of benzene rings is 1. The van der Waals surface area contributed by atoms with E-state index in [2.05, 4.69) is 62.8 Å². The summed E-state index contributed by atoms with van der Waals surface area (Å²) in [6, 6.07) is 8.60. The van der Waals surface area contributed by atoms with Gasteiger partial charge >= 0.3 is 7.12 Å². The lowest BCUT2D eigenvalue weighted by molar-refractivity contribution is 0.00578. The first-order valence-corrected chi connectivity index (χ1v) is 7.30. The molecule has 0 atom stereocenters. The van der Waals surface area contributed by atoms with Crippen molar-refractivity contribution in [1.29, 1.82) is 0 Å². The van der Waals surface area contributed by atoms with Crippen molar-refractivity contribution in [2.75, 3.05) is 13.1 Å². The normalized spacial score (nSPS) is 25.3. The van der Waals surface area contributed by atoms with E-state index >= 15 is 0 Å². The third-order valence-electron chi connectivity index (χ3n) is 4.76. The maximum atomic E-state index is 6.07. The Hall–Kier alpha value is -0.875. The molecule has 20 heavy (non-hydrogen) atoms. The van der Waals surface area contributed by atoms with Crippen LogP contribution < -0.4 is 16.3 Å². The van der Waals surface area contributed by atoms with Crippen LogP contribution in [0.3, 0.4) is 0 Å². The zero-order chi connectivity index (χ0) is 14.4. The molecule has 0 radical (unpaired) electrons. The van der Waals surface area contributed by atoms with Gasteiger partial charge in [-0.15, -0.1) is 0 Å². The Morgan fingerprint density at radius 1 is 0.950 bits per heavy atom. The largest absolute Gasteiger partial charge is 0.494 e. The van der Waals surface area contributed by atoms with E-state index in [1.54, 1.807) is 0 Å². The van der Waals surface area contributed by atoms with Gasteiger partial charge < -0.3 is 9.31 Å². The van der Waals surface area contributed by atoms with Gasteiger partial charge in [0.2, 0.25) is 0 Å². The first kappa shape index (κ1) is 14.1. The van der Waals surface area contributed by atoms with Gasteiger partial charge in [0.25, 0.3) is 0 Å². The van der Waals surface area contributed by atoms with Crippen molar-refractivity contribution in [2.24, 2.45) is 0 Å². The standard InChI is InChI=1S/C15H23BN2O2/c1-14(2)15(3,4)20-16(19-14)13-7-5-11(6-8-13)12-9-17-18-10-12/h5-8,12,17-18H,9-10H2,1-4H3. The fourth-order valence-electron chi connectivity index (χ4n) is 2.60. The molecule has 3 rings (SSSR count). The smallest absolute Gasteiger partial charge is 0.399 e. The molecule has 0 aliphatic carbocycles. The van der Waals surface area contributed by atoms with Crippen LogP contribution in [0.1, 0.15) is 39.2 Å². The molecule has 1 aromatic carbocycles. The Kier molecular flexibility index (Phi) is 3.41. The van der Waals surface area contributed by atoms with Crippen molar-refractivity contribution in [3.8, 4) is 0 Å². The van der Waals surface area contributed by atoms with Gasteiger partial charge in [-0.05, 0) is 38.7 Å². The summed E-state index contributed by atoms with van der Waals surface area (Å²) in [7, 11) is -0.270. The molecule has 0 spiro atoms. The average molecular weight is 274 g/mol. The second kappa shape index (κ2) is 4.84. The number of hydrogen-bond donors (Lipinski definition) is 2. The minimum Gasteiger partial charge on any atom is -0.399 e. The highest BCUT2D eigenvalue weighted by atomic mass is 16.7. The summed E-state index contributed by atoms with van der Waals surface area (Å²) in [5.74, 6) is 0.544. The summed E-state index contributed by atoms with van der Waals surface area (Å²) < 4.78 is 12.1. The van der Waals surface area contributed by atoms with Crippen LogP contribution in [0.15, 0.2) is 24.3 Å². The Morgan fingerprint density at radius 2 is 1.45 bits per heavy atom. The van der Waals surface area contributed by atoms with E-state index in [1.165, 1.54) is 5.56 Å². The molecule has 4 nitrogen and oxygen atoms in total. The van der Waals surface area contributed by atoms with E-state index in [1.807, 2.05) is 0 Å². The lowest BCUT2D eigenvalue weighted by Gasteiger charge is -2.32. The molecule has 2 N–H and O–H groups in total. The summed E-state index contributed by atoms with van der Waals surface area (Å²) in [5, 5.41) is 0. The van der Waals surface area contributed by atoms with Crippen LogP contribution in [-0.4, -0.2) is 31.4 Å². The molecule has 2 aliphatic heterocycles. The van der Waals surface area contributed by atoms with Crippen LogP contribution in [0.4, 0.5) is 0 Å². The molecule has 0 saturated carbocycles. The fourth-order valence-corrected chi connectivity index (χ4v) is 2.60. The van der Waals surface area contributed by atoms with E-state index in [-0.39, 0.29) is 18.3 Å². The summed E-state index contributed by atoms with van der Waals surface area (Å²) in [6.07, 6.45) is 0. The van der Waals surface area contributed by atoms with E-state index < -0.39 is 0 Å². The summed E-state index contributed by atoms with van der Waals surface area (Å²) in [5.41, 5.74) is 8.20. The minimum absolute atomic E-state index is 0.270. The average Bonchev–Trinajstić information content (AvgIpc) is 2.97. The third kappa shape index (κ3) is 2.39. The van der Waals surface area contributed by atoms with Gasteiger partial charge in [0.15, 0.2) is 0 Å². The van der Waals surface area contributed by atoms with Crippen LogP contribution in [0.5, 0.6) is 0 Å². The number of rotatable bonds is 2. The summed E-state index contributed by atoms with van der Waals surface area (Å²) in [4.78, 5) is 0. The van der Waals surface area contributed by atoms with Gasteiger partial charge in [-0.1, -0.05) is 24.3 Å². The zero-order valence-electron chi connectivity index (χ0n) is 12.7. The molecule has 2 aliphatic rings. The van der Waals surface area contributed by atoms with Gasteiger partial charge in [-0.25, -0.2) is 0 Å². The van der Waals surface area contributed by atoms with Crippen LogP contribution in [-0.2, 0) is 9.31 Å². The predicted octanol–water partition coefficient (Wildman–Crippen LogP) is 1.18. The predicted molar refractivity (Wildman–Crippen MR) is 80.9 cm³/mol. The second-order valence-electron chi connectivity index (χ2n) is 6.71. The molecule has 2 saturated heterocycles. The molecule has 2 heterocycles. The van der Waals surface area contributed by atoms with Crippen LogP contribution >= 0.6 is 0 Å². The number of hydrogen-bond acceptors (Lipinski definition) is 4. The molecule has 0 amide bonds. The van der Waals surface area contributed by atoms with Crippen molar-refractivity contribution in [3.63, 3.8) is 0 Å². The molecular formula is C15H23BN2O2. The van der Waals surface area contributed by atoms with Crippen molar-refractivity contribution in [2.45, 2.75) is 44.8 Å². The van der Waals surface area contributed by atoms with E-state index in [4.69, 9.17) is 9.31 Å². The van der Waals surface area contributed by atoms with Gasteiger partial charge in [0.1, 0.15) is 0 Å². The molecule has 5 heteroatoms. The van der Waals surface area contributed by atoms with Gasteiger partial charge in [-0.3, -0.25) is 10.9 Å². The van der Waals surface area contributed by atoms with E-state index in [9.17, 15) is 0 Å². The van der Waals surface area contributed by atoms with E-state index in [0.717, 1.165) is 18.6 Å². The molecule has 108 valence electrons. The lowest BCUT2D eigenvalue weighted by Crippen LogP contribution is -2.41. The maximum absolute atomic E-state index is 6.07. The first-order valence-electron chi connectivity index (χ1n) is 7.30. The molecule has 0 unspecified atom stereocenters. The Bertz CT molecular complexity index is 465. The van der Waals surface area contributed by atoms with Crippen molar-refractivity contribution >= 4 is 12.6 Å². The molecule has 2 fully saturated rings. The van der Waals surface area contributed by atoms with Crippen molar-refractivity contribution in [3.05, 3.63) is 29.8 Å². The molecule has 0 aromatic heterocycles. The van der Waals surface area contributed by atoms with Crippen LogP contribution in [0.2, 0.25) is 0 Å². The minimum atomic E-state index is -0.282. The SMILES string of the molecule is CC1(C)OB(c2ccc(C3CNNC3)cc2)OC1(C)C. The summed E-state index contributed by atoms with van der Waals surface area (Å²) in [6.45, 7) is 10.3. The first-order chi connectivity index (χ1) is 9.39. The van der Waals surface area contributed by atoms with Crippen LogP contribution in [0, 0.1) is 0 Å². The maximum Gasteiger partial charge on any atom is 0.494 e. The van der Waals surface area contributed by atoms with Crippen LogP contribution in [0.25, 0.3) is 0 Å². The Morgan fingerprint density at radius 3 is 1.95 bits per heavy atom. The fraction of sp³-hybridized carbons (Fsp3) is 0.600. The molecule has 0 bridgehead atoms. The highest BCUT2D eigenvalue weighted by Gasteiger charge is 2.51. The Balaban J connectivity index is 1.75. The van der Waals surface area contributed by atoms with Crippen molar-refractivity contribution < 1.29 is 9.31 Å². The van der Waals surface area contributed by atoms with Gasteiger partial charge in [-0.2, -0.15) is 0 Å². The van der Waals surface area contributed by atoms with Gasteiger partial charge in [0.05, 0.1) is 11.2 Å². The highest BCUT2D eigenvalue weighted by Crippen LogP contribution is 2.36. The van der Waals surface area contributed by atoms with Gasteiger partial charge in [0, 0.05) is 19.0 Å². The zero-order valence-corrected chi connectivity index (χ0v) is 12.7. The van der Waals surface area contributed by atoms with E-state index in [0.29, 0.717) is 5.92 Å². The molecule has 1 aromatic rings. The number of hydrazine groups is 1. The lowest BCUT2D eigenvalue weighted by atomic mass is 9.78. The monoisotopic (exact) mass is 274 g/mol. The quantitative estimate of drug-likeness (QED) is 0.795. The summed E-state index contributed by atoms with van der Waals surface area (Å²) >= 11 is 0. The topological polar surface area (TPSA) is 42.5 Å². The Labute approximate surface area is 121 Å². The highest BCUT2D eigenvalue weighted by molar-refractivity contribution is 6.62. The molecular weight excluding hydrogens is 251 g/mol. The van der Waals surface area contributed by atoms with Crippen molar-refractivity contribution in [1.82, 2.24) is 10.9 Å². The number of nitrogens with one attached hydrogen (secondary N) is 2. The second-order valence-corrected chi connectivity index (χ2v) is 6.71.